The smallest absolute Gasteiger partial charge is 0.101 e. The van der Waals surface area contributed by atoms with Crippen molar-refractivity contribution in [3.8, 4) is 6.07 Å². The van der Waals surface area contributed by atoms with Gasteiger partial charge >= 0.3 is 0 Å². The van der Waals surface area contributed by atoms with Crippen LogP contribution in [-0.4, -0.2) is 4.98 Å². The third-order valence-electron chi connectivity index (χ3n) is 3.00. The molecule has 0 aliphatic carbocycles. The maximum absolute atomic E-state index is 9.11. The summed E-state index contributed by atoms with van der Waals surface area (Å²) in [6, 6.07) is 17.6. The van der Waals surface area contributed by atoms with Gasteiger partial charge in [-0.25, -0.2) is 0 Å². The lowest BCUT2D eigenvalue weighted by Gasteiger charge is -2.10. The van der Waals surface area contributed by atoms with Gasteiger partial charge < -0.3 is 5.32 Å². The zero-order chi connectivity index (χ0) is 13.1. The molecule has 0 atom stereocenters. The second-order valence-corrected chi connectivity index (χ2v) is 4.18. The van der Waals surface area contributed by atoms with Gasteiger partial charge in [0.15, 0.2) is 0 Å². The van der Waals surface area contributed by atoms with E-state index in [1.807, 2.05) is 48.7 Å². The Morgan fingerprint density at radius 3 is 2.68 bits per heavy atom. The van der Waals surface area contributed by atoms with Crippen molar-refractivity contribution in [2.24, 2.45) is 0 Å². The lowest BCUT2D eigenvalue weighted by molar-refractivity contribution is 1.36. The standard InChI is InChI=1S/C16H11N3/c17-10-13-4-1-2-6-15(13)19-16-7-3-5-12-8-9-18-11-14(12)16/h1-9,11,19H. The lowest BCUT2D eigenvalue weighted by atomic mass is 10.1. The maximum Gasteiger partial charge on any atom is 0.101 e. The van der Waals surface area contributed by atoms with E-state index >= 15 is 0 Å². The minimum absolute atomic E-state index is 0.628. The summed E-state index contributed by atoms with van der Waals surface area (Å²) in [4.78, 5) is 4.15. The van der Waals surface area contributed by atoms with Gasteiger partial charge in [0.25, 0.3) is 0 Å². The highest BCUT2D eigenvalue weighted by Crippen LogP contribution is 2.26. The van der Waals surface area contributed by atoms with Crippen molar-refractivity contribution in [3.63, 3.8) is 0 Å². The van der Waals surface area contributed by atoms with Crippen LogP contribution in [0.15, 0.2) is 60.9 Å². The van der Waals surface area contributed by atoms with Crippen molar-refractivity contribution in [2.75, 3.05) is 5.32 Å². The van der Waals surface area contributed by atoms with Crippen LogP contribution < -0.4 is 5.32 Å². The van der Waals surface area contributed by atoms with Gasteiger partial charge in [0, 0.05) is 23.5 Å². The maximum atomic E-state index is 9.11. The van der Waals surface area contributed by atoms with Crippen LogP contribution >= 0.6 is 0 Å². The minimum atomic E-state index is 0.628. The van der Waals surface area contributed by atoms with Crippen LogP contribution in [0, 0.1) is 11.3 Å². The first-order valence-corrected chi connectivity index (χ1v) is 5.97. The average molecular weight is 245 g/mol. The van der Waals surface area contributed by atoms with Crippen molar-refractivity contribution in [2.45, 2.75) is 0 Å². The molecular formula is C16H11N3. The predicted octanol–water partition coefficient (Wildman–Crippen LogP) is 3.85. The van der Waals surface area contributed by atoms with Crippen LogP contribution in [0.3, 0.4) is 0 Å². The lowest BCUT2D eigenvalue weighted by Crippen LogP contribution is -1.94. The number of rotatable bonds is 2. The molecule has 0 saturated carbocycles. The minimum Gasteiger partial charge on any atom is -0.354 e. The van der Waals surface area contributed by atoms with Crippen molar-refractivity contribution >= 4 is 22.1 Å². The topological polar surface area (TPSA) is 48.7 Å². The highest BCUT2D eigenvalue weighted by Gasteiger charge is 2.04. The van der Waals surface area contributed by atoms with Crippen molar-refractivity contribution in [3.05, 3.63) is 66.5 Å². The molecule has 3 heteroatoms. The SMILES string of the molecule is N#Cc1ccccc1Nc1cccc2ccncc12. The van der Waals surface area contributed by atoms with Gasteiger partial charge in [-0.2, -0.15) is 5.26 Å². The second-order valence-electron chi connectivity index (χ2n) is 4.18. The molecule has 2 aromatic carbocycles. The largest absolute Gasteiger partial charge is 0.354 e. The van der Waals surface area contributed by atoms with E-state index in [0.717, 1.165) is 22.1 Å². The summed E-state index contributed by atoms with van der Waals surface area (Å²) in [5, 5.41) is 14.6. The van der Waals surface area contributed by atoms with Crippen LogP contribution in [0.2, 0.25) is 0 Å². The molecule has 3 aromatic rings. The summed E-state index contributed by atoms with van der Waals surface area (Å²) < 4.78 is 0. The number of nitrogens with zero attached hydrogens (tertiary/aromatic N) is 2. The Hall–Kier alpha value is -2.86. The van der Waals surface area contributed by atoms with Gasteiger partial charge in [-0.3, -0.25) is 4.98 Å². The van der Waals surface area contributed by atoms with E-state index in [4.69, 9.17) is 5.26 Å². The fourth-order valence-electron chi connectivity index (χ4n) is 2.06. The molecule has 3 nitrogen and oxygen atoms in total. The average Bonchev–Trinajstić information content (AvgIpc) is 2.48. The van der Waals surface area contributed by atoms with E-state index in [1.54, 1.807) is 12.3 Å². The second kappa shape index (κ2) is 4.79. The van der Waals surface area contributed by atoms with E-state index in [9.17, 15) is 0 Å². The number of nitrogens with one attached hydrogen (secondary N) is 1. The van der Waals surface area contributed by atoms with Crippen LogP contribution in [0.1, 0.15) is 5.56 Å². The first-order valence-electron chi connectivity index (χ1n) is 5.97. The normalized spacial score (nSPS) is 10.1. The fourth-order valence-corrected chi connectivity index (χ4v) is 2.06. The molecule has 0 radical (unpaired) electrons. The Balaban J connectivity index is 2.09. The molecule has 90 valence electrons. The van der Waals surface area contributed by atoms with E-state index in [1.165, 1.54) is 0 Å². The molecule has 0 fully saturated rings. The number of aromatic nitrogens is 1. The van der Waals surface area contributed by atoms with Crippen molar-refractivity contribution < 1.29 is 0 Å². The van der Waals surface area contributed by atoms with Crippen molar-refractivity contribution in [1.82, 2.24) is 4.98 Å². The number of para-hydroxylation sites is 1. The summed E-state index contributed by atoms with van der Waals surface area (Å²) in [7, 11) is 0. The molecule has 0 saturated heterocycles. The van der Waals surface area contributed by atoms with Crippen molar-refractivity contribution in [1.29, 1.82) is 5.26 Å². The molecule has 1 N–H and O–H groups in total. The number of hydrogen-bond acceptors (Lipinski definition) is 3. The summed E-state index contributed by atoms with van der Waals surface area (Å²) >= 11 is 0. The van der Waals surface area contributed by atoms with E-state index in [0.29, 0.717) is 5.56 Å². The third-order valence-corrected chi connectivity index (χ3v) is 3.00. The first-order chi connectivity index (χ1) is 9.38. The van der Waals surface area contributed by atoms with Gasteiger partial charge in [-0.15, -0.1) is 0 Å². The van der Waals surface area contributed by atoms with Gasteiger partial charge in [0.2, 0.25) is 0 Å². The van der Waals surface area contributed by atoms with Crippen LogP contribution in [-0.2, 0) is 0 Å². The summed E-state index contributed by atoms with van der Waals surface area (Å²) in [6.07, 6.45) is 3.60. The molecule has 0 amide bonds. The molecule has 0 unspecified atom stereocenters. The Labute approximate surface area is 111 Å². The van der Waals surface area contributed by atoms with Gasteiger partial charge in [-0.1, -0.05) is 24.3 Å². The monoisotopic (exact) mass is 245 g/mol. The Bertz CT molecular complexity index is 767. The number of fused-ring (bicyclic) bond motifs is 1. The van der Waals surface area contributed by atoms with Crippen LogP contribution in [0.25, 0.3) is 10.8 Å². The number of benzene rings is 2. The van der Waals surface area contributed by atoms with E-state index in [-0.39, 0.29) is 0 Å². The Morgan fingerprint density at radius 1 is 0.947 bits per heavy atom. The Kier molecular flexibility index (Phi) is 2.83. The zero-order valence-electron chi connectivity index (χ0n) is 10.2. The Morgan fingerprint density at radius 2 is 1.79 bits per heavy atom. The molecule has 3 rings (SSSR count). The van der Waals surface area contributed by atoms with Gasteiger partial charge in [0.05, 0.1) is 11.3 Å². The highest BCUT2D eigenvalue weighted by atomic mass is 14.9. The first kappa shape index (κ1) is 11.2. The summed E-state index contributed by atoms with van der Waals surface area (Å²) in [5.41, 5.74) is 2.39. The predicted molar refractivity (Wildman–Crippen MR) is 76.2 cm³/mol. The molecule has 19 heavy (non-hydrogen) atoms. The summed E-state index contributed by atoms with van der Waals surface area (Å²) in [5.74, 6) is 0. The molecule has 0 bridgehead atoms. The number of hydrogen-bond donors (Lipinski definition) is 1. The van der Waals surface area contributed by atoms with E-state index in [2.05, 4.69) is 16.4 Å². The van der Waals surface area contributed by atoms with Crippen LogP contribution in [0.5, 0.6) is 0 Å². The number of pyridine rings is 1. The quantitative estimate of drug-likeness (QED) is 0.746. The van der Waals surface area contributed by atoms with Gasteiger partial charge in [0.1, 0.15) is 6.07 Å². The molecule has 0 aliphatic heterocycles. The molecule has 1 heterocycles. The summed E-state index contributed by atoms with van der Waals surface area (Å²) in [6.45, 7) is 0. The molecule has 0 aliphatic rings. The highest BCUT2D eigenvalue weighted by molar-refractivity contribution is 5.95. The molecule has 0 spiro atoms. The third kappa shape index (κ3) is 2.12. The number of nitriles is 1. The number of anilines is 2. The van der Waals surface area contributed by atoms with Gasteiger partial charge in [-0.05, 0) is 29.7 Å². The fraction of sp³-hybridized carbons (Fsp3) is 0. The van der Waals surface area contributed by atoms with E-state index < -0.39 is 0 Å². The zero-order valence-corrected chi connectivity index (χ0v) is 10.2. The molecular weight excluding hydrogens is 234 g/mol. The van der Waals surface area contributed by atoms with Crippen LogP contribution in [0.4, 0.5) is 11.4 Å². The molecule has 1 aromatic heterocycles.